The van der Waals surface area contributed by atoms with E-state index in [4.69, 9.17) is 20.8 Å². The Morgan fingerprint density at radius 2 is 2.40 bits per heavy atom. The van der Waals surface area contributed by atoms with Crippen LogP contribution >= 0.6 is 11.6 Å². The molecule has 0 saturated carbocycles. The van der Waals surface area contributed by atoms with Gasteiger partial charge < -0.3 is 19.4 Å². The van der Waals surface area contributed by atoms with Crippen molar-refractivity contribution in [2.45, 2.75) is 19.6 Å². The predicted octanol–water partition coefficient (Wildman–Crippen LogP) is 2.43. The van der Waals surface area contributed by atoms with Gasteiger partial charge in [-0.05, 0) is 19.1 Å². The molecule has 2 aromatic rings. The quantitative estimate of drug-likeness (QED) is 0.942. The van der Waals surface area contributed by atoms with Crippen molar-refractivity contribution in [2.24, 2.45) is 0 Å². The summed E-state index contributed by atoms with van der Waals surface area (Å²) < 4.78 is 11.2. The lowest BCUT2D eigenvalue weighted by molar-refractivity contribution is 0.185. The summed E-state index contributed by atoms with van der Waals surface area (Å²) in [4.78, 5) is 6.76. The Hall–Kier alpha value is -1.30. The highest BCUT2D eigenvalue weighted by Gasteiger charge is 2.23. The van der Waals surface area contributed by atoms with Gasteiger partial charge in [-0.3, -0.25) is 0 Å². The zero-order valence-electron chi connectivity index (χ0n) is 11.6. The Bertz CT molecular complexity index is 614. The number of methoxy groups -OCH3 is 1. The van der Waals surface area contributed by atoms with Crippen LogP contribution in [0.5, 0.6) is 0 Å². The van der Waals surface area contributed by atoms with Crippen LogP contribution in [-0.2, 0) is 11.3 Å². The molecule has 0 radical (unpaired) electrons. The molecule has 6 heteroatoms. The molecule has 1 unspecified atom stereocenters. The third-order valence-corrected chi connectivity index (χ3v) is 3.79. The zero-order chi connectivity index (χ0) is 14.1. The summed E-state index contributed by atoms with van der Waals surface area (Å²) in [5.41, 5.74) is 2.47. The first-order valence-corrected chi connectivity index (χ1v) is 7.12. The minimum absolute atomic E-state index is 0.359. The highest BCUT2D eigenvalue weighted by molar-refractivity contribution is 6.31. The molecule has 108 valence electrons. The number of hydrogen-bond acceptors (Lipinski definition) is 5. The fraction of sp³-hybridized carbons (Fsp3) is 0.500. The van der Waals surface area contributed by atoms with Gasteiger partial charge in [-0.1, -0.05) is 11.6 Å². The maximum absolute atomic E-state index is 6.12. The minimum Gasteiger partial charge on any atom is -0.423 e. The van der Waals surface area contributed by atoms with E-state index >= 15 is 0 Å². The van der Waals surface area contributed by atoms with E-state index in [0.717, 1.165) is 36.3 Å². The summed E-state index contributed by atoms with van der Waals surface area (Å²) in [6, 6.07) is 4.71. The molecule has 1 aliphatic heterocycles. The van der Waals surface area contributed by atoms with E-state index in [-0.39, 0.29) is 0 Å². The van der Waals surface area contributed by atoms with Crippen molar-refractivity contribution in [3.8, 4) is 0 Å². The first-order chi connectivity index (χ1) is 9.69. The maximum atomic E-state index is 6.12. The SMILES string of the molecule is COCc1cc(Cl)cc2nc(N3CCNCC3C)oc12. The molecule has 1 fully saturated rings. The van der Waals surface area contributed by atoms with E-state index in [1.165, 1.54) is 0 Å². The molecular formula is C14H18ClN3O2. The van der Waals surface area contributed by atoms with Crippen molar-refractivity contribution < 1.29 is 9.15 Å². The number of oxazole rings is 1. The fourth-order valence-electron chi connectivity index (χ4n) is 2.56. The van der Waals surface area contributed by atoms with E-state index in [1.807, 2.05) is 12.1 Å². The molecule has 2 heterocycles. The normalized spacial score (nSPS) is 19.8. The largest absolute Gasteiger partial charge is 0.423 e. The first kappa shape index (κ1) is 13.7. The van der Waals surface area contributed by atoms with Gasteiger partial charge in [0.2, 0.25) is 0 Å². The van der Waals surface area contributed by atoms with Gasteiger partial charge in [0.15, 0.2) is 5.58 Å². The van der Waals surface area contributed by atoms with Crippen LogP contribution < -0.4 is 10.2 Å². The Morgan fingerprint density at radius 1 is 1.55 bits per heavy atom. The number of piperazine rings is 1. The Kier molecular flexibility index (Phi) is 3.83. The standard InChI is InChI=1S/C14H18ClN3O2/c1-9-7-16-3-4-18(9)14-17-12-6-11(15)5-10(8-19-2)13(12)20-14/h5-6,9,16H,3-4,7-8H2,1-2H3. The molecule has 3 rings (SSSR count). The lowest BCUT2D eigenvalue weighted by atomic mass is 10.2. The highest BCUT2D eigenvalue weighted by atomic mass is 35.5. The number of rotatable bonds is 3. The minimum atomic E-state index is 0.359. The van der Waals surface area contributed by atoms with Crippen molar-refractivity contribution in [3.05, 3.63) is 22.7 Å². The first-order valence-electron chi connectivity index (χ1n) is 6.74. The number of halogens is 1. The molecule has 5 nitrogen and oxygen atoms in total. The van der Waals surface area contributed by atoms with Crippen molar-refractivity contribution in [1.29, 1.82) is 0 Å². The van der Waals surface area contributed by atoms with Gasteiger partial charge in [0.05, 0.1) is 6.61 Å². The van der Waals surface area contributed by atoms with Crippen LogP contribution in [-0.4, -0.2) is 37.8 Å². The molecule has 1 aliphatic rings. The molecule has 1 N–H and O–H groups in total. The molecule has 1 aromatic heterocycles. The predicted molar refractivity (Wildman–Crippen MR) is 79.4 cm³/mol. The van der Waals surface area contributed by atoms with Gasteiger partial charge in [0, 0.05) is 43.4 Å². The van der Waals surface area contributed by atoms with Gasteiger partial charge in [-0.15, -0.1) is 0 Å². The maximum Gasteiger partial charge on any atom is 0.298 e. The second kappa shape index (κ2) is 5.60. The lowest BCUT2D eigenvalue weighted by Gasteiger charge is -2.32. The van der Waals surface area contributed by atoms with Crippen molar-refractivity contribution in [2.75, 3.05) is 31.6 Å². The number of hydrogen-bond donors (Lipinski definition) is 1. The van der Waals surface area contributed by atoms with E-state index in [2.05, 4.69) is 22.1 Å². The number of nitrogens with zero attached hydrogens (tertiary/aromatic N) is 2. The number of nitrogens with one attached hydrogen (secondary N) is 1. The van der Waals surface area contributed by atoms with E-state index < -0.39 is 0 Å². The molecule has 20 heavy (non-hydrogen) atoms. The average Bonchev–Trinajstić information content (AvgIpc) is 2.83. The molecule has 1 atom stereocenters. The lowest BCUT2D eigenvalue weighted by Crippen LogP contribution is -2.50. The van der Waals surface area contributed by atoms with E-state index in [0.29, 0.717) is 23.7 Å². The van der Waals surface area contributed by atoms with Gasteiger partial charge in [0.1, 0.15) is 5.52 Å². The van der Waals surface area contributed by atoms with Crippen LogP contribution in [0.15, 0.2) is 16.5 Å². The van der Waals surface area contributed by atoms with Gasteiger partial charge in [0.25, 0.3) is 6.01 Å². The van der Waals surface area contributed by atoms with E-state index in [9.17, 15) is 0 Å². The van der Waals surface area contributed by atoms with Crippen LogP contribution in [0.3, 0.4) is 0 Å². The number of benzene rings is 1. The second-order valence-corrected chi connectivity index (χ2v) is 5.53. The van der Waals surface area contributed by atoms with Crippen LogP contribution in [0.25, 0.3) is 11.1 Å². The summed E-state index contributed by atoms with van der Waals surface area (Å²) in [6.07, 6.45) is 0. The number of fused-ring (bicyclic) bond motifs is 1. The molecule has 0 bridgehead atoms. The van der Waals surface area contributed by atoms with Crippen LogP contribution in [0.4, 0.5) is 6.01 Å². The Balaban J connectivity index is 2.03. The van der Waals surface area contributed by atoms with Crippen LogP contribution in [0.2, 0.25) is 5.02 Å². The highest BCUT2D eigenvalue weighted by Crippen LogP contribution is 2.29. The van der Waals surface area contributed by atoms with Gasteiger partial charge in [-0.2, -0.15) is 4.98 Å². The Labute approximate surface area is 122 Å². The third kappa shape index (κ3) is 2.49. The number of ether oxygens (including phenoxy) is 1. The number of aromatic nitrogens is 1. The summed E-state index contributed by atoms with van der Waals surface area (Å²) in [5, 5.41) is 4.01. The topological polar surface area (TPSA) is 50.5 Å². The monoisotopic (exact) mass is 295 g/mol. The van der Waals surface area contributed by atoms with Crippen molar-refractivity contribution >= 4 is 28.7 Å². The molecule has 0 aliphatic carbocycles. The van der Waals surface area contributed by atoms with Gasteiger partial charge >= 0.3 is 0 Å². The zero-order valence-corrected chi connectivity index (χ0v) is 12.4. The number of anilines is 1. The second-order valence-electron chi connectivity index (χ2n) is 5.09. The Morgan fingerprint density at radius 3 is 3.15 bits per heavy atom. The molecule has 0 spiro atoms. The average molecular weight is 296 g/mol. The van der Waals surface area contributed by atoms with E-state index in [1.54, 1.807) is 7.11 Å². The third-order valence-electron chi connectivity index (χ3n) is 3.57. The summed E-state index contributed by atoms with van der Waals surface area (Å²) >= 11 is 6.12. The smallest absolute Gasteiger partial charge is 0.298 e. The van der Waals surface area contributed by atoms with Crippen LogP contribution in [0, 0.1) is 0 Å². The molecular weight excluding hydrogens is 278 g/mol. The summed E-state index contributed by atoms with van der Waals surface area (Å²) in [6.45, 7) is 5.38. The van der Waals surface area contributed by atoms with Crippen molar-refractivity contribution in [3.63, 3.8) is 0 Å². The fourth-order valence-corrected chi connectivity index (χ4v) is 2.80. The van der Waals surface area contributed by atoms with Crippen molar-refractivity contribution in [1.82, 2.24) is 10.3 Å². The summed E-state index contributed by atoms with van der Waals surface area (Å²) in [7, 11) is 1.66. The molecule has 1 saturated heterocycles. The molecule has 1 aromatic carbocycles. The molecule has 0 amide bonds. The summed E-state index contributed by atoms with van der Waals surface area (Å²) in [5.74, 6) is 0. The van der Waals surface area contributed by atoms with Crippen LogP contribution in [0.1, 0.15) is 12.5 Å². The van der Waals surface area contributed by atoms with Gasteiger partial charge in [-0.25, -0.2) is 0 Å².